The van der Waals surface area contributed by atoms with Gasteiger partial charge in [0.15, 0.2) is 5.65 Å². The highest BCUT2D eigenvalue weighted by molar-refractivity contribution is 6.23. The van der Waals surface area contributed by atoms with Crippen LogP contribution in [0.4, 0.5) is 17.2 Å². The maximum absolute atomic E-state index is 13.8. The van der Waals surface area contributed by atoms with Crippen molar-refractivity contribution in [2.45, 2.75) is 50.6 Å². The van der Waals surface area contributed by atoms with Crippen LogP contribution in [0, 0.1) is 5.92 Å². The molecule has 0 radical (unpaired) electrons. The summed E-state index contributed by atoms with van der Waals surface area (Å²) in [4.78, 5) is 83.6. The van der Waals surface area contributed by atoms with Crippen molar-refractivity contribution < 1.29 is 28.7 Å². The van der Waals surface area contributed by atoms with Crippen molar-refractivity contribution in [1.82, 2.24) is 39.8 Å². The van der Waals surface area contributed by atoms with Crippen LogP contribution in [0.3, 0.4) is 0 Å². The van der Waals surface area contributed by atoms with Gasteiger partial charge in [-0.05, 0) is 117 Å². The Morgan fingerprint density at radius 2 is 1.38 bits per heavy atom. The van der Waals surface area contributed by atoms with E-state index in [4.69, 9.17) is 15.6 Å². The number of carbonyl (C=O) groups is 5. The van der Waals surface area contributed by atoms with Gasteiger partial charge in [0.2, 0.25) is 11.8 Å². The second kappa shape index (κ2) is 18.4. The number of piperazine rings is 1. The number of nitrogens with one attached hydrogen (secondary N) is 1. The molecule has 5 aliphatic heterocycles. The number of carbonyl (C=O) groups excluding carboxylic acids is 5. The molecule has 69 heavy (non-hydrogen) atoms. The molecule has 5 amide bonds. The number of para-hydroxylation sites is 1. The smallest absolute Gasteiger partial charge is 0.262 e. The van der Waals surface area contributed by atoms with E-state index in [1.165, 1.54) is 6.33 Å². The lowest BCUT2D eigenvalue weighted by Gasteiger charge is -2.40. The minimum Gasteiger partial charge on any atom is -0.457 e. The summed E-state index contributed by atoms with van der Waals surface area (Å²) in [5.74, 6) is 0.492. The van der Waals surface area contributed by atoms with Gasteiger partial charge in [-0.15, -0.1) is 0 Å². The molecule has 6 aromatic rings. The summed E-state index contributed by atoms with van der Waals surface area (Å²) in [6.45, 7) is 7.53. The maximum atomic E-state index is 13.8. The van der Waals surface area contributed by atoms with Crippen LogP contribution in [0.1, 0.15) is 75.6 Å². The molecule has 0 aliphatic carbocycles. The highest BCUT2D eigenvalue weighted by Crippen LogP contribution is 2.36. The highest BCUT2D eigenvalue weighted by atomic mass is 16.5. The topological polar surface area (TPSA) is 192 Å². The van der Waals surface area contributed by atoms with E-state index in [9.17, 15) is 24.0 Å². The van der Waals surface area contributed by atoms with Crippen LogP contribution < -0.4 is 25.6 Å². The monoisotopic (exact) mass is 927 g/mol. The molecular formula is C52H53N11O6. The van der Waals surface area contributed by atoms with E-state index >= 15 is 0 Å². The molecule has 3 N–H and O–H groups in total. The third-order valence-electron chi connectivity index (χ3n) is 14.5. The first kappa shape index (κ1) is 43.9. The van der Waals surface area contributed by atoms with Gasteiger partial charge in [-0.1, -0.05) is 18.2 Å². The number of piperidine rings is 3. The summed E-state index contributed by atoms with van der Waals surface area (Å²) in [7, 11) is 0. The molecule has 1 unspecified atom stereocenters. The number of hydrogen-bond acceptors (Lipinski definition) is 13. The molecule has 11 rings (SSSR count). The van der Waals surface area contributed by atoms with Gasteiger partial charge in [0.25, 0.3) is 17.7 Å². The zero-order valence-corrected chi connectivity index (χ0v) is 38.2. The third kappa shape index (κ3) is 8.62. The Bertz CT molecular complexity index is 2940. The van der Waals surface area contributed by atoms with Crippen LogP contribution in [0.25, 0.3) is 22.3 Å². The fraction of sp³-hybridized carbons (Fsp3) is 0.346. The van der Waals surface area contributed by atoms with E-state index in [1.54, 1.807) is 12.1 Å². The highest BCUT2D eigenvalue weighted by Gasteiger charge is 2.45. The second-order valence-electron chi connectivity index (χ2n) is 18.7. The Balaban J connectivity index is 0.646. The average molecular weight is 928 g/mol. The molecule has 1 atom stereocenters. The Morgan fingerprint density at radius 3 is 2.10 bits per heavy atom. The summed E-state index contributed by atoms with van der Waals surface area (Å²) in [6.07, 6.45) is 5.33. The zero-order chi connectivity index (χ0) is 47.2. The Morgan fingerprint density at radius 1 is 0.696 bits per heavy atom. The summed E-state index contributed by atoms with van der Waals surface area (Å²) in [5.41, 5.74) is 12.0. The van der Waals surface area contributed by atoms with Gasteiger partial charge < -0.3 is 25.2 Å². The van der Waals surface area contributed by atoms with Crippen LogP contribution >= 0.6 is 0 Å². The zero-order valence-electron chi connectivity index (χ0n) is 38.2. The first-order valence-corrected chi connectivity index (χ1v) is 23.9. The van der Waals surface area contributed by atoms with Gasteiger partial charge >= 0.3 is 0 Å². The van der Waals surface area contributed by atoms with Gasteiger partial charge in [0.05, 0.1) is 22.6 Å². The maximum Gasteiger partial charge on any atom is 0.262 e. The van der Waals surface area contributed by atoms with E-state index < -0.39 is 29.7 Å². The lowest BCUT2D eigenvalue weighted by atomic mass is 9.95. The summed E-state index contributed by atoms with van der Waals surface area (Å²) in [6, 6.07) is 29.9. The molecule has 4 saturated heterocycles. The largest absolute Gasteiger partial charge is 0.457 e. The van der Waals surface area contributed by atoms with Crippen molar-refractivity contribution in [2.24, 2.45) is 5.92 Å². The Kier molecular flexibility index (Phi) is 11.7. The summed E-state index contributed by atoms with van der Waals surface area (Å²) in [5, 5.41) is 8.03. The number of imide groups is 2. The van der Waals surface area contributed by atoms with Gasteiger partial charge in [-0.3, -0.25) is 39.1 Å². The van der Waals surface area contributed by atoms with E-state index in [0.29, 0.717) is 64.0 Å². The predicted molar refractivity (Wildman–Crippen MR) is 259 cm³/mol. The standard InChI is InChI=1S/C52H53N11O6/c53-47-45-46(34-8-13-40(14-9-34)69-39-4-2-1-3-5-39)57-63(48(45)55-32-54-47)37-20-24-61(25-21-37)50(66)35-6-10-36(11-7-35)59-22-18-33(19-23-59)31-58-26-28-60(29-27-58)38-12-15-41-42(30-38)52(68)62(51(41)67)43-16-17-44(64)56-49(43)65/h1-15,30,32-33,37,43H,16-29,31H2,(H2,53,54,55)(H,56,64,65). The lowest BCUT2D eigenvalue weighted by Crippen LogP contribution is -2.54. The number of nitrogens with zero attached hydrogens (tertiary/aromatic N) is 9. The number of nitrogens with two attached hydrogens (primary N) is 1. The number of amides is 5. The lowest BCUT2D eigenvalue weighted by molar-refractivity contribution is -0.136. The number of fused-ring (bicyclic) bond motifs is 2. The van der Waals surface area contributed by atoms with Gasteiger partial charge in [-0.2, -0.15) is 5.10 Å². The Hall–Kier alpha value is -7.66. The first-order valence-electron chi connectivity index (χ1n) is 23.9. The Labute approximate surface area is 398 Å². The van der Waals surface area contributed by atoms with Crippen LogP contribution in [0.5, 0.6) is 11.5 Å². The normalized spacial score (nSPS) is 19.6. The van der Waals surface area contributed by atoms with Crippen molar-refractivity contribution in [3.63, 3.8) is 0 Å². The van der Waals surface area contributed by atoms with Crippen LogP contribution in [-0.2, 0) is 9.59 Å². The quantitative estimate of drug-likeness (QED) is 0.157. The molecule has 17 heteroatoms. The predicted octanol–water partition coefficient (Wildman–Crippen LogP) is 5.78. The van der Waals surface area contributed by atoms with Crippen molar-refractivity contribution in [3.8, 4) is 22.8 Å². The van der Waals surface area contributed by atoms with Crippen molar-refractivity contribution >= 4 is 57.8 Å². The van der Waals surface area contributed by atoms with Crippen LogP contribution in [-0.4, -0.2) is 129 Å². The number of hydrogen-bond donors (Lipinski definition) is 2. The molecule has 4 fully saturated rings. The first-order chi connectivity index (χ1) is 33.6. The molecule has 17 nitrogen and oxygen atoms in total. The molecule has 7 heterocycles. The average Bonchev–Trinajstić information content (AvgIpc) is 3.89. The SMILES string of the molecule is Nc1ncnc2c1c(-c1ccc(Oc3ccccc3)cc1)nn2C1CCN(C(=O)c2ccc(N3CCC(CN4CCN(c5ccc6c(c5)C(=O)N(C5CCC(=O)NC5=O)C6=O)CC4)CC3)cc2)CC1. The van der Waals surface area contributed by atoms with Gasteiger partial charge in [-0.25, -0.2) is 14.6 Å². The number of nitrogen functional groups attached to an aromatic ring is 1. The summed E-state index contributed by atoms with van der Waals surface area (Å²) >= 11 is 0. The second-order valence-corrected chi connectivity index (χ2v) is 18.7. The van der Waals surface area contributed by atoms with E-state index in [2.05, 4.69) is 42.1 Å². The fourth-order valence-corrected chi connectivity index (χ4v) is 10.7. The van der Waals surface area contributed by atoms with Crippen molar-refractivity contribution in [3.05, 3.63) is 120 Å². The molecule has 2 aromatic heterocycles. The van der Waals surface area contributed by atoms with Gasteiger partial charge in [0, 0.05) is 87.8 Å². The fourth-order valence-electron chi connectivity index (χ4n) is 10.7. The van der Waals surface area contributed by atoms with Crippen molar-refractivity contribution in [1.29, 1.82) is 0 Å². The molecule has 0 bridgehead atoms. The van der Waals surface area contributed by atoms with Gasteiger partial charge in [0.1, 0.15) is 35.4 Å². The van der Waals surface area contributed by atoms with Crippen LogP contribution in [0.2, 0.25) is 0 Å². The minimum absolute atomic E-state index is 0.0328. The number of benzene rings is 4. The summed E-state index contributed by atoms with van der Waals surface area (Å²) < 4.78 is 7.97. The van der Waals surface area contributed by atoms with Crippen molar-refractivity contribution in [2.75, 3.05) is 74.4 Å². The number of likely N-dealkylation sites (tertiary alicyclic amines) is 1. The number of rotatable bonds is 10. The van der Waals surface area contributed by atoms with E-state index in [-0.39, 0.29) is 24.8 Å². The number of ether oxygens (including phenoxy) is 1. The molecule has 5 aliphatic rings. The minimum atomic E-state index is -0.977. The van der Waals surface area contributed by atoms with E-state index in [0.717, 1.165) is 99.1 Å². The van der Waals surface area contributed by atoms with E-state index in [1.807, 2.05) is 82.4 Å². The molecule has 4 aromatic carbocycles. The number of aromatic nitrogens is 4. The molecule has 352 valence electrons. The third-order valence-corrected chi connectivity index (χ3v) is 14.5. The molecule has 0 spiro atoms. The van der Waals surface area contributed by atoms with Crippen LogP contribution in [0.15, 0.2) is 103 Å². The number of anilines is 3. The molecule has 0 saturated carbocycles. The molecular weight excluding hydrogens is 875 g/mol.